The van der Waals surface area contributed by atoms with Crippen LogP contribution in [0.1, 0.15) is 22.4 Å². The number of benzene rings is 1. The molecule has 0 aliphatic carbocycles. The van der Waals surface area contributed by atoms with Crippen LogP contribution in [0.4, 0.5) is 0 Å². The third kappa shape index (κ3) is 4.36. The van der Waals surface area contributed by atoms with Gasteiger partial charge in [0.2, 0.25) is 0 Å². The highest BCUT2D eigenvalue weighted by Gasteiger charge is 2.23. The second-order valence-corrected chi connectivity index (χ2v) is 11.0. The standard InChI is InChI=1S/C27H31N5O2S.ClH/c1-29-9-8-20-24(16-29)35-26-25(20)27(33)32(17-28-26)13-12-31-10-6-18(7-11-31)22-15-30(2)23-5-4-19(34-3)14-21(22)23;/h4-6,14-15,17H,7-13,16H2,1-3H3;1H. The summed E-state index contributed by atoms with van der Waals surface area (Å²) in [6.07, 6.45) is 8.34. The van der Waals surface area contributed by atoms with Gasteiger partial charge < -0.3 is 31.5 Å². The Labute approximate surface area is 221 Å². The quantitative estimate of drug-likeness (QED) is 0.375. The fourth-order valence-electron chi connectivity index (χ4n) is 5.59. The first kappa shape index (κ1) is 25.0. The molecule has 0 saturated carbocycles. The van der Waals surface area contributed by atoms with E-state index in [0.717, 1.165) is 61.5 Å². The molecule has 0 fully saturated rings. The van der Waals surface area contributed by atoms with E-state index in [-0.39, 0.29) is 18.0 Å². The van der Waals surface area contributed by atoms with Crippen molar-refractivity contribution >= 4 is 38.0 Å². The number of thiophene rings is 1. The summed E-state index contributed by atoms with van der Waals surface area (Å²) in [5.74, 6) is 0.892. The molecule has 2 aliphatic heterocycles. The SMILES string of the molecule is COc1ccc2c(c1)c(C1=CC[NH+](CCn3cnc4sc5c(c4c3=O)CCN(C)C5)CC1)cn2C.[Cl-]. The summed E-state index contributed by atoms with van der Waals surface area (Å²) in [7, 11) is 5.96. The molecule has 2 aliphatic rings. The maximum absolute atomic E-state index is 13.3. The van der Waals surface area contributed by atoms with Crippen LogP contribution in [-0.2, 0) is 26.6 Å². The summed E-state index contributed by atoms with van der Waals surface area (Å²) < 4.78 is 9.49. The Morgan fingerprint density at radius 3 is 2.86 bits per heavy atom. The van der Waals surface area contributed by atoms with Gasteiger partial charge in [0.1, 0.15) is 10.6 Å². The number of quaternary nitrogens is 1. The molecule has 0 amide bonds. The molecule has 0 spiro atoms. The molecule has 0 radical (unpaired) electrons. The van der Waals surface area contributed by atoms with Gasteiger partial charge in [-0.05, 0) is 48.9 Å². The average Bonchev–Trinajstić information content (AvgIpc) is 3.41. The second-order valence-electron chi connectivity index (χ2n) is 9.89. The highest BCUT2D eigenvalue weighted by atomic mass is 35.5. The second kappa shape index (κ2) is 10.0. The highest BCUT2D eigenvalue weighted by Crippen LogP contribution is 2.32. The van der Waals surface area contributed by atoms with Gasteiger partial charge in [0.25, 0.3) is 5.56 Å². The molecule has 3 aromatic heterocycles. The zero-order chi connectivity index (χ0) is 24.1. The highest BCUT2D eigenvalue weighted by molar-refractivity contribution is 7.18. The fourth-order valence-corrected chi connectivity index (χ4v) is 6.85. The maximum Gasteiger partial charge on any atom is 0.262 e. The fraction of sp³-hybridized carbons (Fsp3) is 0.407. The molecule has 36 heavy (non-hydrogen) atoms. The van der Waals surface area contributed by atoms with Crippen LogP contribution in [0.3, 0.4) is 0 Å². The molecule has 0 saturated heterocycles. The molecule has 1 aromatic carbocycles. The van der Waals surface area contributed by atoms with Crippen molar-refractivity contribution in [2.24, 2.45) is 7.05 Å². The minimum absolute atomic E-state index is 0. The lowest BCUT2D eigenvalue weighted by molar-refractivity contribution is -0.895. The van der Waals surface area contributed by atoms with Crippen LogP contribution in [0.25, 0.3) is 26.7 Å². The molecule has 5 heterocycles. The minimum Gasteiger partial charge on any atom is -1.00 e. The van der Waals surface area contributed by atoms with Crippen molar-refractivity contribution in [3.63, 3.8) is 0 Å². The topological polar surface area (TPSA) is 56.7 Å². The Morgan fingerprint density at radius 1 is 1.22 bits per heavy atom. The summed E-state index contributed by atoms with van der Waals surface area (Å²) in [5.41, 5.74) is 5.30. The van der Waals surface area contributed by atoms with E-state index in [1.54, 1.807) is 24.8 Å². The van der Waals surface area contributed by atoms with Gasteiger partial charge in [0, 0.05) is 54.1 Å². The van der Waals surface area contributed by atoms with E-state index >= 15 is 0 Å². The van der Waals surface area contributed by atoms with Gasteiger partial charge in [-0.25, -0.2) is 4.98 Å². The average molecular weight is 526 g/mol. The van der Waals surface area contributed by atoms with Crippen LogP contribution in [-0.4, -0.2) is 59.4 Å². The number of halogens is 1. The summed E-state index contributed by atoms with van der Waals surface area (Å²) in [6, 6.07) is 6.29. The van der Waals surface area contributed by atoms with Gasteiger partial charge in [-0.15, -0.1) is 11.3 Å². The third-order valence-electron chi connectivity index (χ3n) is 7.65. The maximum atomic E-state index is 13.3. The minimum atomic E-state index is 0. The molecule has 0 bridgehead atoms. The van der Waals surface area contributed by atoms with Crippen LogP contribution in [0.15, 0.2) is 41.6 Å². The van der Waals surface area contributed by atoms with Gasteiger partial charge >= 0.3 is 0 Å². The van der Waals surface area contributed by atoms with Gasteiger partial charge in [-0.3, -0.25) is 9.36 Å². The van der Waals surface area contributed by atoms with Crippen molar-refractivity contribution in [2.75, 3.05) is 40.3 Å². The molecule has 4 aromatic rings. The monoisotopic (exact) mass is 525 g/mol. The number of aromatic nitrogens is 3. The van der Waals surface area contributed by atoms with E-state index in [0.29, 0.717) is 6.54 Å². The lowest BCUT2D eigenvalue weighted by atomic mass is 9.99. The molecule has 6 rings (SSSR count). The van der Waals surface area contributed by atoms with E-state index in [1.807, 2.05) is 10.6 Å². The molecule has 1 N–H and O–H groups in total. The van der Waals surface area contributed by atoms with Crippen LogP contribution in [0, 0.1) is 0 Å². The molecule has 7 nitrogen and oxygen atoms in total. The number of hydrogen-bond donors (Lipinski definition) is 1. The van der Waals surface area contributed by atoms with E-state index in [1.165, 1.54) is 37.4 Å². The number of nitrogens with zero attached hydrogens (tertiary/aromatic N) is 4. The molecule has 1 unspecified atom stereocenters. The number of fused-ring (bicyclic) bond motifs is 4. The molecular weight excluding hydrogens is 494 g/mol. The zero-order valence-corrected chi connectivity index (χ0v) is 22.6. The molecule has 9 heteroatoms. The van der Waals surface area contributed by atoms with Crippen LogP contribution in [0.2, 0.25) is 0 Å². The van der Waals surface area contributed by atoms with Gasteiger partial charge in [0.05, 0.1) is 45.0 Å². The van der Waals surface area contributed by atoms with Crippen LogP contribution in [0.5, 0.6) is 5.75 Å². The lowest BCUT2D eigenvalue weighted by Gasteiger charge is -2.24. The normalized spacial score (nSPS) is 18.2. The zero-order valence-electron chi connectivity index (χ0n) is 21.0. The van der Waals surface area contributed by atoms with Crippen molar-refractivity contribution in [1.29, 1.82) is 0 Å². The Morgan fingerprint density at radius 2 is 2.08 bits per heavy atom. The summed E-state index contributed by atoms with van der Waals surface area (Å²) >= 11 is 1.69. The van der Waals surface area contributed by atoms with Gasteiger partial charge in [-0.2, -0.15) is 0 Å². The first-order valence-corrected chi connectivity index (χ1v) is 13.2. The van der Waals surface area contributed by atoms with E-state index in [9.17, 15) is 4.79 Å². The van der Waals surface area contributed by atoms with Crippen LogP contribution >= 0.6 is 11.3 Å². The van der Waals surface area contributed by atoms with E-state index in [4.69, 9.17) is 4.74 Å². The molecular formula is C27H32ClN5O2S. The lowest BCUT2D eigenvalue weighted by Crippen LogP contribution is -3.12. The third-order valence-corrected chi connectivity index (χ3v) is 8.78. The Bertz CT molecular complexity index is 1520. The summed E-state index contributed by atoms with van der Waals surface area (Å²) in [6.45, 7) is 5.60. The molecule has 1 atom stereocenters. The largest absolute Gasteiger partial charge is 1.00 e. The van der Waals surface area contributed by atoms with E-state index < -0.39 is 0 Å². The van der Waals surface area contributed by atoms with E-state index in [2.05, 4.69) is 53.0 Å². The Hall–Kier alpha value is -2.65. The predicted molar refractivity (Wildman–Crippen MR) is 142 cm³/mol. The summed E-state index contributed by atoms with van der Waals surface area (Å²) in [5, 5.41) is 2.11. The smallest absolute Gasteiger partial charge is 0.262 e. The Kier molecular flexibility index (Phi) is 6.96. The van der Waals surface area contributed by atoms with Gasteiger partial charge in [-0.1, -0.05) is 0 Å². The number of ether oxygens (including phenoxy) is 1. The number of nitrogens with one attached hydrogen (secondary N) is 1. The Balaban J connectivity index is 0.00000267. The van der Waals surface area contributed by atoms with Crippen LogP contribution < -0.4 is 27.6 Å². The van der Waals surface area contributed by atoms with Gasteiger partial charge in [0.15, 0.2) is 0 Å². The van der Waals surface area contributed by atoms with Crippen molar-refractivity contribution in [3.8, 4) is 5.75 Å². The first-order valence-electron chi connectivity index (χ1n) is 12.4. The number of methoxy groups -OCH3 is 1. The summed E-state index contributed by atoms with van der Waals surface area (Å²) in [4.78, 5) is 24.0. The van der Waals surface area contributed by atoms with Crippen molar-refractivity contribution in [2.45, 2.75) is 25.9 Å². The first-order chi connectivity index (χ1) is 17.0. The number of rotatable bonds is 5. The molecule has 190 valence electrons. The van der Waals surface area contributed by atoms with Crippen molar-refractivity contribution in [3.05, 3.63) is 63.2 Å². The predicted octanol–water partition coefficient (Wildman–Crippen LogP) is -0.678. The number of likely N-dealkylation sites (N-methyl/N-ethyl adjacent to an activating group) is 1. The number of aryl methyl sites for hydroxylation is 1. The van der Waals surface area contributed by atoms with Crippen molar-refractivity contribution in [1.82, 2.24) is 19.0 Å². The van der Waals surface area contributed by atoms with Crippen molar-refractivity contribution < 1.29 is 22.0 Å². The number of hydrogen-bond acceptors (Lipinski definition) is 5.